The van der Waals surface area contributed by atoms with E-state index in [0.29, 0.717) is 31.5 Å². The first kappa shape index (κ1) is 22.8. The molecule has 1 spiro atoms. The van der Waals surface area contributed by atoms with E-state index in [1.807, 2.05) is 12.1 Å². The minimum absolute atomic E-state index is 0.0105. The number of fused-ring (bicyclic) bond motifs is 3. The predicted octanol–water partition coefficient (Wildman–Crippen LogP) is 4.64. The van der Waals surface area contributed by atoms with Crippen molar-refractivity contribution in [2.45, 2.75) is 50.9 Å². The van der Waals surface area contributed by atoms with E-state index >= 15 is 0 Å². The second-order valence-electron chi connectivity index (χ2n) is 9.80. The van der Waals surface area contributed by atoms with Crippen molar-refractivity contribution >= 4 is 27.4 Å². The molecule has 0 aromatic carbocycles. The van der Waals surface area contributed by atoms with Crippen LogP contribution in [0.3, 0.4) is 0 Å². The van der Waals surface area contributed by atoms with Gasteiger partial charge in [0.25, 0.3) is 0 Å². The monoisotopic (exact) mass is 489 g/mol. The zero-order chi connectivity index (χ0) is 23.8. The minimum atomic E-state index is -0.469. The highest BCUT2D eigenvalue weighted by molar-refractivity contribution is 7.19. The molecule has 6 rings (SSSR count). The van der Waals surface area contributed by atoms with Gasteiger partial charge < -0.3 is 20.5 Å². The van der Waals surface area contributed by atoms with E-state index in [1.54, 1.807) is 23.7 Å². The molecule has 3 aromatic rings. The lowest BCUT2D eigenvalue weighted by molar-refractivity contribution is -0.163. The molecule has 3 aromatic heterocycles. The van der Waals surface area contributed by atoms with Gasteiger partial charge in [0.15, 0.2) is 11.6 Å². The molecule has 1 aliphatic heterocycles. The summed E-state index contributed by atoms with van der Waals surface area (Å²) in [6.45, 7) is 4.22. The van der Waals surface area contributed by atoms with Crippen LogP contribution in [0.1, 0.15) is 36.6 Å². The van der Waals surface area contributed by atoms with Crippen LogP contribution in [0.15, 0.2) is 48.3 Å². The third kappa shape index (κ3) is 4.63. The fourth-order valence-electron chi connectivity index (χ4n) is 5.32. The lowest BCUT2D eigenvalue weighted by atomic mass is 9.91. The number of rotatable bonds is 6. The normalized spacial score (nSPS) is 21.8. The second-order valence-corrected chi connectivity index (χ2v) is 10.9. The Morgan fingerprint density at radius 3 is 2.86 bits per heavy atom. The number of hydrogen-bond acceptors (Lipinski definition) is 8. The Bertz CT molecular complexity index is 1280. The molecule has 7 nitrogen and oxygen atoms in total. The van der Waals surface area contributed by atoms with Gasteiger partial charge in [-0.1, -0.05) is 30.7 Å². The summed E-state index contributed by atoms with van der Waals surface area (Å²) in [7, 11) is 0. The highest BCUT2D eigenvalue weighted by atomic mass is 32.1. The molecule has 3 N–H and O–H groups in total. The van der Waals surface area contributed by atoms with E-state index in [1.165, 1.54) is 16.0 Å². The summed E-state index contributed by atoms with van der Waals surface area (Å²) in [4.78, 5) is 16.4. The number of aromatic nitrogens is 3. The molecular weight excluding hydrogens is 458 g/mol. The van der Waals surface area contributed by atoms with Crippen LogP contribution in [-0.4, -0.2) is 46.5 Å². The standard InChI is InChI=1S/C27H31N5O2S/c1-17-3-2-4-18(13-17)14-20(28)16-30-25-23-21-5-8-27(33-11-12-34-27)15-22(21)35-26(23)32-24(31-25)19-6-9-29-10-7-19/h2,4,6-7,9-10,13,17,20H,3,5,8,11-12,14-16,28H2,1H3,(H,30,31,32)/t17?,20-/m1/s1. The summed E-state index contributed by atoms with van der Waals surface area (Å²) in [6, 6.07) is 3.88. The van der Waals surface area contributed by atoms with Gasteiger partial charge in [0.1, 0.15) is 10.6 Å². The number of pyridine rings is 1. The molecule has 0 bridgehead atoms. The van der Waals surface area contributed by atoms with Crippen LogP contribution in [0.5, 0.6) is 0 Å². The number of anilines is 1. The molecule has 1 unspecified atom stereocenters. The van der Waals surface area contributed by atoms with Crippen LogP contribution < -0.4 is 11.1 Å². The molecule has 35 heavy (non-hydrogen) atoms. The molecule has 3 aliphatic rings. The third-order valence-electron chi connectivity index (χ3n) is 7.04. The number of nitrogens with one attached hydrogen (secondary N) is 1. The maximum atomic E-state index is 6.56. The lowest BCUT2D eigenvalue weighted by Gasteiger charge is -2.31. The molecule has 4 heterocycles. The summed E-state index contributed by atoms with van der Waals surface area (Å²) in [6.07, 6.45) is 14.8. The number of nitrogens with two attached hydrogens (primary N) is 1. The summed E-state index contributed by atoms with van der Waals surface area (Å²) in [5, 5.41) is 4.72. The van der Waals surface area contributed by atoms with E-state index in [4.69, 9.17) is 25.2 Å². The highest BCUT2D eigenvalue weighted by Crippen LogP contribution is 2.44. The molecular formula is C27H31N5O2S. The van der Waals surface area contributed by atoms with Crippen molar-refractivity contribution in [3.63, 3.8) is 0 Å². The van der Waals surface area contributed by atoms with E-state index in [0.717, 1.165) is 53.7 Å². The van der Waals surface area contributed by atoms with Gasteiger partial charge in [-0.3, -0.25) is 4.98 Å². The van der Waals surface area contributed by atoms with Crippen molar-refractivity contribution in [2.75, 3.05) is 25.1 Å². The smallest absolute Gasteiger partial charge is 0.173 e. The molecule has 1 fully saturated rings. The van der Waals surface area contributed by atoms with Crippen molar-refractivity contribution in [3.05, 3.63) is 58.8 Å². The van der Waals surface area contributed by atoms with E-state index < -0.39 is 5.79 Å². The molecule has 8 heteroatoms. The van der Waals surface area contributed by atoms with Gasteiger partial charge in [0.2, 0.25) is 0 Å². The third-order valence-corrected chi connectivity index (χ3v) is 8.17. The number of thiophene rings is 1. The maximum Gasteiger partial charge on any atom is 0.173 e. The summed E-state index contributed by atoms with van der Waals surface area (Å²) in [5.41, 5.74) is 10.1. The zero-order valence-corrected chi connectivity index (χ0v) is 20.8. The fraction of sp³-hybridized carbons (Fsp3) is 0.444. The average Bonchev–Trinajstić information content (AvgIpc) is 3.47. The van der Waals surface area contributed by atoms with Gasteiger partial charge in [-0.05, 0) is 42.9 Å². The van der Waals surface area contributed by atoms with Crippen LogP contribution in [0.2, 0.25) is 0 Å². The van der Waals surface area contributed by atoms with Crippen LogP contribution in [0.4, 0.5) is 5.82 Å². The Hall–Kier alpha value is -2.65. The largest absolute Gasteiger partial charge is 0.368 e. The van der Waals surface area contributed by atoms with E-state index in [2.05, 4.69) is 35.5 Å². The Labute approximate surface area is 209 Å². The number of hydrogen-bond donors (Lipinski definition) is 2. The van der Waals surface area contributed by atoms with Crippen molar-refractivity contribution in [1.82, 2.24) is 15.0 Å². The summed E-state index contributed by atoms with van der Waals surface area (Å²) < 4.78 is 12.0. The minimum Gasteiger partial charge on any atom is -0.368 e. The van der Waals surface area contributed by atoms with E-state index in [9.17, 15) is 0 Å². The fourth-order valence-corrected chi connectivity index (χ4v) is 6.63. The van der Waals surface area contributed by atoms with Crippen LogP contribution >= 0.6 is 11.3 Å². The van der Waals surface area contributed by atoms with E-state index in [-0.39, 0.29) is 6.04 Å². The molecule has 0 saturated carbocycles. The van der Waals surface area contributed by atoms with Crippen LogP contribution in [-0.2, 0) is 22.3 Å². The highest BCUT2D eigenvalue weighted by Gasteiger charge is 2.41. The van der Waals surface area contributed by atoms with Gasteiger partial charge in [-0.15, -0.1) is 11.3 Å². The first-order valence-corrected chi connectivity index (χ1v) is 13.3. The number of ether oxygens (including phenoxy) is 2. The average molecular weight is 490 g/mol. The topological polar surface area (TPSA) is 95.2 Å². The number of aryl methyl sites for hydroxylation is 1. The van der Waals surface area contributed by atoms with Gasteiger partial charge in [-0.25, -0.2) is 9.97 Å². The molecule has 182 valence electrons. The predicted molar refractivity (Wildman–Crippen MR) is 139 cm³/mol. The van der Waals surface area contributed by atoms with Crippen LogP contribution in [0, 0.1) is 5.92 Å². The van der Waals surface area contributed by atoms with Gasteiger partial charge in [0, 0.05) is 48.3 Å². The molecule has 2 aliphatic carbocycles. The van der Waals surface area contributed by atoms with Crippen LogP contribution in [0.25, 0.3) is 21.6 Å². The number of nitrogens with zero attached hydrogens (tertiary/aromatic N) is 3. The van der Waals surface area contributed by atoms with Crippen molar-refractivity contribution in [2.24, 2.45) is 11.7 Å². The van der Waals surface area contributed by atoms with Crippen molar-refractivity contribution in [3.8, 4) is 11.4 Å². The Morgan fingerprint density at radius 1 is 1.23 bits per heavy atom. The molecule has 2 atom stereocenters. The summed E-state index contributed by atoms with van der Waals surface area (Å²) in [5.74, 6) is 1.67. The SMILES string of the molecule is CC1C=C(C[C@@H](N)CNc2nc(-c3ccncc3)nc3sc4c(c23)CCC2(C4)OCCO2)C=CC1. The molecule has 0 amide bonds. The summed E-state index contributed by atoms with van der Waals surface area (Å²) >= 11 is 1.73. The first-order chi connectivity index (χ1) is 17.1. The quantitative estimate of drug-likeness (QED) is 0.521. The first-order valence-electron chi connectivity index (χ1n) is 12.5. The lowest BCUT2D eigenvalue weighted by Crippen LogP contribution is -2.36. The van der Waals surface area contributed by atoms with Gasteiger partial charge in [0.05, 0.1) is 18.6 Å². The zero-order valence-electron chi connectivity index (χ0n) is 20.0. The second kappa shape index (κ2) is 9.43. The van der Waals surface area contributed by atoms with Crippen molar-refractivity contribution in [1.29, 1.82) is 0 Å². The molecule has 1 saturated heterocycles. The van der Waals surface area contributed by atoms with Gasteiger partial charge >= 0.3 is 0 Å². The maximum absolute atomic E-state index is 6.56. The van der Waals surface area contributed by atoms with Gasteiger partial charge in [-0.2, -0.15) is 0 Å². The Morgan fingerprint density at radius 2 is 2.06 bits per heavy atom. The Balaban J connectivity index is 1.32. The Kier molecular flexibility index (Phi) is 6.14. The van der Waals surface area contributed by atoms with Crippen molar-refractivity contribution < 1.29 is 9.47 Å². The molecule has 0 radical (unpaired) electrons. The number of allylic oxidation sites excluding steroid dienone is 3.